The van der Waals surface area contributed by atoms with Crippen LogP contribution >= 0.6 is 10.5 Å². The number of carbonyl (C=O) groups excluding carboxylic acids is 1. The molecule has 1 heterocycles. The third-order valence-corrected chi connectivity index (χ3v) is 5.70. The van der Waals surface area contributed by atoms with Gasteiger partial charge in [-0.25, -0.2) is 4.99 Å². The first-order chi connectivity index (χ1) is 11.6. The van der Waals surface area contributed by atoms with Crippen molar-refractivity contribution >= 4 is 27.1 Å². The molecule has 1 aliphatic heterocycles. The Morgan fingerprint density at radius 1 is 1.25 bits per heavy atom. The van der Waals surface area contributed by atoms with E-state index in [9.17, 15) is 4.79 Å². The molecule has 0 fully saturated rings. The molecular formula is C18H23NO4S. The summed E-state index contributed by atoms with van der Waals surface area (Å²) in [6.45, 7) is 4.48. The number of aliphatic imine (C=N–C) groups is 1. The molecule has 0 saturated carbocycles. The van der Waals surface area contributed by atoms with Crippen LogP contribution in [0.3, 0.4) is 0 Å². The molecule has 24 heavy (non-hydrogen) atoms. The van der Waals surface area contributed by atoms with Crippen LogP contribution in [-0.4, -0.2) is 37.4 Å². The number of hydrogen-bond donors (Lipinski definition) is 0. The van der Waals surface area contributed by atoms with E-state index >= 15 is 0 Å². The van der Waals surface area contributed by atoms with Gasteiger partial charge < -0.3 is 14.2 Å². The summed E-state index contributed by atoms with van der Waals surface area (Å²) in [5.74, 6) is 0.734. The third kappa shape index (κ3) is 4.55. The summed E-state index contributed by atoms with van der Waals surface area (Å²) >= 11 is 0. The quantitative estimate of drug-likeness (QED) is 0.558. The van der Waals surface area contributed by atoms with E-state index in [1.54, 1.807) is 12.7 Å². The van der Waals surface area contributed by atoms with Crippen molar-refractivity contribution in [1.29, 1.82) is 0 Å². The van der Waals surface area contributed by atoms with Crippen molar-refractivity contribution in [2.24, 2.45) is 10.9 Å². The van der Waals surface area contributed by atoms with Gasteiger partial charge in [0.05, 0.1) is 29.8 Å². The van der Waals surface area contributed by atoms with Crippen LogP contribution in [0, 0.1) is 5.92 Å². The summed E-state index contributed by atoms with van der Waals surface area (Å²) in [6, 6.07) is 9.55. The molecule has 6 heteroatoms. The first-order valence-corrected chi connectivity index (χ1v) is 9.00. The Kier molecular flexibility index (Phi) is 6.75. The molecule has 0 saturated heterocycles. The zero-order valence-corrected chi connectivity index (χ0v) is 15.3. The summed E-state index contributed by atoms with van der Waals surface area (Å²) in [5.41, 5.74) is 2.52. The Bertz CT molecular complexity index is 678. The predicted octanol–water partition coefficient (Wildman–Crippen LogP) is 3.58. The van der Waals surface area contributed by atoms with Gasteiger partial charge in [0.15, 0.2) is 0 Å². The van der Waals surface area contributed by atoms with E-state index in [1.165, 1.54) is 7.11 Å². The van der Waals surface area contributed by atoms with Gasteiger partial charge in [0, 0.05) is 17.9 Å². The van der Waals surface area contributed by atoms with E-state index in [4.69, 9.17) is 19.2 Å². The fourth-order valence-electron chi connectivity index (χ4n) is 2.25. The smallest absolute Gasteiger partial charge is 0.310 e. The average molecular weight is 349 g/mol. The van der Waals surface area contributed by atoms with Gasteiger partial charge >= 0.3 is 5.97 Å². The number of ether oxygens (including phenoxy) is 3. The van der Waals surface area contributed by atoms with Crippen molar-refractivity contribution in [2.75, 3.05) is 20.8 Å². The summed E-state index contributed by atoms with van der Waals surface area (Å²) in [6.07, 6.45) is 0.187. The summed E-state index contributed by atoms with van der Waals surface area (Å²) in [5, 5.41) is 1.00. The normalized spacial score (nSPS) is 17.4. The largest absolute Gasteiger partial charge is 0.487 e. The summed E-state index contributed by atoms with van der Waals surface area (Å²) in [7, 11) is 2.56. The fourth-order valence-corrected chi connectivity index (χ4v) is 4.26. The maximum Gasteiger partial charge on any atom is 0.310 e. The first-order valence-electron chi connectivity index (χ1n) is 7.71. The second-order valence-corrected chi connectivity index (χ2v) is 7.28. The van der Waals surface area contributed by atoms with Gasteiger partial charge in [0.1, 0.15) is 12.4 Å². The van der Waals surface area contributed by atoms with Crippen molar-refractivity contribution in [3.63, 3.8) is 0 Å². The average Bonchev–Trinajstić information content (AvgIpc) is 2.92. The standard InChI is InChI=1S/C18H23NO4S/c1-13(2)18-19-15(11-23-14-8-6-5-7-9-14)16(10-17(20)22-4)24(18)12-21-3/h5-9,12-13H,10-11H2,1-4H3. The minimum atomic E-state index is -0.442. The van der Waals surface area contributed by atoms with Gasteiger partial charge in [-0.15, -0.1) is 0 Å². The number of methoxy groups -OCH3 is 2. The van der Waals surface area contributed by atoms with Crippen LogP contribution in [0.25, 0.3) is 0 Å². The number of benzene rings is 1. The van der Waals surface area contributed by atoms with Crippen molar-refractivity contribution in [3.8, 4) is 5.75 Å². The van der Waals surface area contributed by atoms with Crippen molar-refractivity contribution in [2.45, 2.75) is 20.3 Å². The molecule has 0 aromatic heterocycles. The molecule has 1 unspecified atom stereocenters. The number of para-hydroxylation sites is 1. The lowest BCUT2D eigenvalue weighted by molar-refractivity contribution is -0.139. The Morgan fingerprint density at radius 2 is 1.96 bits per heavy atom. The highest BCUT2D eigenvalue weighted by atomic mass is 32.2. The number of hydrogen-bond acceptors (Lipinski definition) is 5. The van der Waals surface area contributed by atoms with Crippen molar-refractivity contribution in [1.82, 2.24) is 0 Å². The highest BCUT2D eigenvalue weighted by Crippen LogP contribution is 2.41. The van der Waals surface area contributed by atoms with Gasteiger partial charge in [-0.2, -0.15) is 0 Å². The van der Waals surface area contributed by atoms with E-state index in [2.05, 4.69) is 13.8 Å². The molecule has 1 aromatic rings. The van der Waals surface area contributed by atoms with Gasteiger partial charge in [-0.3, -0.25) is 4.79 Å². The second kappa shape index (κ2) is 8.80. The molecule has 1 atom stereocenters. The fraction of sp³-hybridized carbons (Fsp3) is 0.389. The van der Waals surface area contributed by atoms with Crippen LogP contribution in [0.1, 0.15) is 20.3 Å². The van der Waals surface area contributed by atoms with Crippen LogP contribution < -0.4 is 4.74 Å². The molecule has 0 bridgehead atoms. The minimum absolute atomic E-state index is 0.187. The lowest BCUT2D eigenvalue weighted by Gasteiger charge is -2.12. The van der Waals surface area contributed by atoms with Crippen LogP contribution in [-0.2, 0) is 14.3 Å². The lowest BCUT2D eigenvalue weighted by Crippen LogP contribution is -2.07. The topological polar surface area (TPSA) is 57.1 Å². The van der Waals surface area contributed by atoms with Crippen LogP contribution in [0.2, 0.25) is 0 Å². The molecular weight excluding hydrogens is 326 g/mol. The highest BCUT2D eigenvalue weighted by molar-refractivity contribution is 8.31. The SMILES string of the molecule is COC=S1C(C(C)C)=NC(COc2ccccc2)=C1CC(=O)OC. The van der Waals surface area contributed by atoms with Gasteiger partial charge in [-0.05, 0) is 12.1 Å². The van der Waals surface area contributed by atoms with E-state index < -0.39 is 10.5 Å². The predicted molar refractivity (Wildman–Crippen MR) is 98.5 cm³/mol. The molecule has 2 rings (SSSR count). The zero-order chi connectivity index (χ0) is 17.5. The molecule has 1 aromatic carbocycles. The molecule has 0 N–H and O–H groups in total. The van der Waals surface area contributed by atoms with Crippen LogP contribution in [0.15, 0.2) is 45.9 Å². The second-order valence-electron chi connectivity index (χ2n) is 5.50. The molecule has 0 aliphatic carbocycles. The number of nitrogens with zero attached hydrogens (tertiary/aromatic N) is 1. The lowest BCUT2D eigenvalue weighted by atomic mass is 10.2. The Hall–Kier alpha value is -1.92. The van der Waals surface area contributed by atoms with E-state index in [0.717, 1.165) is 21.4 Å². The number of carbonyl (C=O) groups is 1. The molecule has 0 radical (unpaired) electrons. The number of rotatable bonds is 7. The van der Waals surface area contributed by atoms with Crippen molar-refractivity contribution in [3.05, 3.63) is 40.9 Å². The molecule has 0 spiro atoms. The Morgan fingerprint density at radius 3 is 2.54 bits per heavy atom. The maximum atomic E-state index is 11.8. The number of esters is 1. The van der Waals surface area contributed by atoms with E-state index in [-0.39, 0.29) is 18.3 Å². The Labute approximate surface area is 145 Å². The van der Waals surface area contributed by atoms with Gasteiger partial charge in [0.2, 0.25) is 0 Å². The summed E-state index contributed by atoms with van der Waals surface area (Å²) < 4.78 is 15.9. The molecule has 130 valence electrons. The van der Waals surface area contributed by atoms with Crippen LogP contribution in [0.5, 0.6) is 5.75 Å². The molecule has 5 nitrogen and oxygen atoms in total. The summed E-state index contributed by atoms with van der Waals surface area (Å²) in [4.78, 5) is 17.5. The Balaban J connectivity index is 2.30. The first kappa shape index (κ1) is 18.4. The highest BCUT2D eigenvalue weighted by Gasteiger charge is 2.27. The maximum absolute atomic E-state index is 11.8. The van der Waals surface area contributed by atoms with Gasteiger partial charge in [-0.1, -0.05) is 42.5 Å². The zero-order valence-electron chi connectivity index (χ0n) is 14.4. The minimum Gasteiger partial charge on any atom is -0.487 e. The molecule has 1 aliphatic rings. The van der Waals surface area contributed by atoms with Crippen molar-refractivity contribution < 1.29 is 19.0 Å². The molecule has 0 amide bonds. The van der Waals surface area contributed by atoms with Gasteiger partial charge in [0.25, 0.3) is 0 Å². The van der Waals surface area contributed by atoms with E-state index in [0.29, 0.717) is 6.61 Å². The van der Waals surface area contributed by atoms with Crippen LogP contribution in [0.4, 0.5) is 0 Å². The monoisotopic (exact) mass is 349 g/mol. The third-order valence-electron chi connectivity index (χ3n) is 3.40. The van der Waals surface area contributed by atoms with E-state index in [1.807, 2.05) is 30.3 Å².